The van der Waals surface area contributed by atoms with Crippen LogP contribution < -0.4 is 9.62 Å². The summed E-state index contributed by atoms with van der Waals surface area (Å²) in [7, 11) is -3.91. The molecular formula is C24H21N3O7S. The van der Waals surface area contributed by atoms with Crippen LogP contribution in [0.5, 0.6) is 0 Å². The molecular weight excluding hydrogens is 474 g/mol. The van der Waals surface area contributed by atoms with Crippen LogP contribution in [0.4, 0.5) is 17.1 Å². The Labute approximate surface area is 201 Å². The van der Waals surface area contributed by atoms with E-state index >= 15 is 0 Å². The van der Waals surface area contributed by atoms with Gasteiger partial charge >= 0.3 is 5.97 Å². The Hall–Kier alpha value is -4.25. The van der Waals surface area contributed by atoms with E-state index in [1.54, 1.807) is 12.1 Å². The third kappa shape index (κ3) is 4.99. The van der Waals surface area contributed by atoms with Crippen molar-refractivity contribution in [1.82, 2.24) is 0 Å². The molecule has 0 saturated heterocycles. The first-order valence-electron chi connectivity index (χ1n) is 10.6. The van der Waals surface area contributed by atoms with Gasteiger partial charge in [0.2, 0.25) is 0 Å². The summed E-state index contributed by atoms with van der Waals surface area (Å²) >= 11 is 0. The van der Waals surface area contributed by atoms with E-state index in [1.165, 1.54) is 59.8 Å². The third-order valence-corrected chi connectivity index (χ3v) is 7.29. The first-order valence-corrected chi connectivity index (χ1v) is 12.1. The molecule has 0 aromatic heterocycles. The van der Waals surface area contributed by atoms with Crippen molar-refractivity contribution in [3.63, 3.8) is 0 Å². The predicted octanol–water partition coefficient (Wildman–Crippen LogP) is 3.53. The largest absolute Gasteiger partial charge is 0.449 e. The molecule has 3 aromatic rings. The highest BCUT2D eigenvalue weighted by Crippen LogP contribution is 2.32. The highest BCUT2D eigenvalue weighted by Gasteiger charge is 2.31. The number of nitro groups is 1. The van der Waals surface area contributed by atoms with E-state index in [-0.39, 0.29) is 21.8 Å². The molecule has 0 spiro atoms. The number of para-hydroxylation sites is 1. The highest BCUT2D eigenvalue weighted by molar-refractivity contribution is 7.92. The van der Waals surface area contributed by atoms with Gasteiger partial charge in [-0.2, -0.15) is 0 Å². The lowest BCUT2D eigenvalue weighted by molar-refractivity contribution is -0.384. The minimum Gasteiger partial charge on any atom is -0.449 e. The molecule has 0 radical (unpaired) electrons. The zero-order valence-corrected chi connectivity index (χ0v) is 19.4. The second-order valence-electron chi connectivity index (χ2n) is 7.83. The molecule has 0 bridgehead atoms. The van der Waals surface area contributed by atoms with Crippen LogP contribution in [0.1, 0.15) is 22.8 Å². The number of non-ortho nitro benzene ring substituents is 1. The molecule has 1 N–H and O–H groups in total. The number of sulfonamides is 1. The zero-order valence-electron chi connectivity index (χ0n) is 18.6. The normalized spacial score (nSPS) is 13.6. The van der Waals surface area contributed by atoms with Crippen molar-refractivity contribution in [1.29, 1.82) is 0 Å². The molecule has 0 aliphatic carbocycles. The summed E-state index contributed by atoms with van der Waals surface area (Å²) in [6.07, 6.45) is -0.651. The fourth-order valence-corrected chi connectivity index (χ4v) is 5.24. The van der Waals surface area contributed by atoms with Crippen molar-refractivity contribution in [3.05, 3.63) is 94.0 Å². The fourth-order valence-electron chi connectivity index (χ4n) is 3.69. The molecule has 1 amide bonds. The summed E-state index contributed by atoms with van der Waals surface area (Å²) < 4.78 is 33.0. The van der Waals surface area contributed by atoms with Gasteiger partial charge in [-0.3, -0.25) is 19.2 Å². The number of hydrogen-bond donors (Lipinski definition) is 1. The summed E-state index contributed by atoms with van der Waals surface area (Å²) in [6, 6.07) is 18.0. The molecule has 0 fully saturated rings. The minimum absolute atomic E-state index is 0.0337. The number of benzene rings is 3. The van der Waals surface area contributed by atoms with Crippen molar-refractivity contribution < 1.29 is 27.7 Å². The van der Waals surface area contributed by atoms with Crippen LogP contribution in [0.2, 0.25) is 0 Å². The predicted molar refractivity (Wildman–Crippen MR) is 128 cm³/mol. The van der Waals surface area contributed by atoms with Crippen LogP contribution in [0, 0.1) is 10.1 Å². The molecule has 1 atom stereocenters. The highest BCUT2D eigenvalue weighted by atomic mass is 32.2. The van der Waals surface area contributed by atoms with Crippen LogP contribution in [-0.4, -0.2) is 37.9 Å². The number of nitro benzene ring substituents is 1. The Morgan fingerprint density at radius 2 is 1.80 bits per heavy atom. The number of carbonyl (C=O) groups excluding carboxylic acids is 2. The van der Waals surface area contributed by atoms with E-state index in [4.69, 9.17) is 4.74 Å². The van der Waals surface area contributed by atoms with E-state index in [2.05, 4.69) is 5.32 Å². The Morgan fingerprint density at radius 3 is 2.57 bits per heavy atom. The van der Waals surface area contributed by atoms with Gasteiger partial charge in [-0.25, -0.2) is 13.2 Å². The number of ether oxygens (including phenoxy) is 1. The first-order chi connectivity index (χ1) is 16.7. The zero-order chi connectivity index (χ0) is 25.2. The second-order valence-corrected chi connectivity index (χ2v) is 9.69. The Morgan fingerprint density at radius 1 is 1.06 bits per heavy atom. The molecule has 1 unspecified atom stereocenters. The van der Waals surface area contributed by atoms with Gasteiger partial charge in [0.05, 0.1) is 21.1 Å². The molecule has 1 heterocycles. The summed E-state index contributed by atoms with van der Waals surface area (Å²) in [6.45, 7) is 1.64. The van der Waals surface area contributed by atoms with Crippen LogP contribution in [0.15, 0.2) is 77.7 Å². The van der Waals surface area contributed by atoms with Crippen molar-refractivity contribution in [3.8, 4) is 0 Å². The number of hydrogen-bond acceptors (Lipinski definition) is 7. The van der Waals surface area contributed by atoms with Gasteiger partial charge in [-0.15, -0.1) is 0 Å². The molecule has 1 aliphatic rings. The molecule has 3 aromatic carbocycles. The maximum atomic E-state index is 13.2. The van der Waals surface area contributed by atoms with Crippen molar-refractivity contribution in [2.75, 3.05) is 16.2 Å². The maximum absolute atomic E-state index is 13.2. The van der Waals surface area contributed by atoms with E-state index in [0.717, 1.165) is 5.56 Å². The number of anilines is 2. The summed E-state index contributed by atoms with van der Waals surface area (Å²) in [5, 5.41) is 13.3. The number of amides is 1. The lowest BCUT2D eigenvalue weighted by Crippen LogP contribution is -2.30. The van der Waals surface area contributed by atoms with E-state index in [1.807, 2.05) is 12.1 Å². The number of rotatable bonds is 7. The Balaban J connectivity index is 1.47. The summed E-state index contributed by atoms with van der Waals surface area (Å²) in [4.78, 5) is 35.3. The summed E-state index contributed by atoms with van der Waals surface area (Å²) in [5.41, 5.74) is 1.47. The van der Waals surface area contributed by atoms with Crippen molar-refractivity contribution >= 4 is 39.0 Å². The lowest BCUT2D eigenvalue weighted by atomic mass is 10.2. The van der Waals surface area contributed by atoms with Gasteiger partial charge in [0, 0.05) is 24.4 Å². The monoisotopic (exact) mass is 495 g/mol. The maximum Gasteiger partial charge on any atom is 0.338 e. The number of nitrogens with one attached hydrogen (secondary N) is 1. The van der Waals surface area contributed by atoms with Crippen LogP contribution in [0.3, 0.4) is 0 Å². The van der Waals surface area contributed by atoms with Gasteiger partial charge in [0.25, 0.3) is 21.6 Å². The smallest absolute Gasteiger partial charge is 0.338 e. The summed E-state index contributed by atoms with van der Waals surface area (Å²) in [5.74, 6) is -1.58. The first kappa shape index (κ1) is 23.9. The van der Waals surface area contributed by atoms with Gasteiger partial charge in [-0.1, -0.05) is 30.3 Å². The lowest BCUT2D eigenvalue weighted by Gasteiger charge is -2.20. The minimum atomic E-state index is -3.91. The average molecular weight is 496 g/mol. The number of esters is 1. The SMILES string of the molecule is CC(OC(=O)c1cccc(S(=O)(=O)N2CCc3ccccc32)c1)C(=O)Nc1cccc([N+](=O)[O-])c1. The van der Waals surface area contributed by atoms with E-state index < -0.39 is 32.9 Å². The molecule has 35 heavy (non-hydrogen) atoms. The van der Waals surface area contributed by atoms with Gasteiger partial charge < -0.3 is 10.1 Å². The fraction of sp³-hybridized carbons (Fsp3) is 0.167. The molecule has 11 heteroatoms. The van der Waals surface area contributed by atoms with Gasteiger partial charge in [-0.05, 0) is 49.2 Å². The molecule has 0 saturated carbocycles. The quantitative estimate of drug-likeness (QED) is 0.301. The molecule has 180 valence electrons. The van der Waals surface area contributed by atoms with Crippen molar-refractivity contribution in [2.24, 2.45) is 0 Å². The number of carbonyl (C=O) groups is 2. The molecule has 1 aliphatic heterocycles. The standard InChI is InChI=1S/C24H21N3O7S/c1-16(23(28)25-19-8-5-9-20(15-19)27(30)31)34-24(29)18-7-4-10-21(14-18)35(32,33)26-13-12-17-6-2-3-11-22(17)26/h2-11,14-16H,12-13H2,1H3,(H,25,28). The van der Waals surface area contributed by atoms with Crippen LogP contribution >= 0.6 is 0 Å². The van der Waals surface area contributed by atoms with E-state index in [9.17, 15) is 28.1 Å². The Kier molecular flexibility index (Phi) is 6.52. The molecule has 10 nitrogen and oxygen atoms in total. The van der Waals surface area contributed by atoms with Crippen molar-refractivity contribution in [2.45, 2.75) is 24.3 Å². The average Bonchev–Trinajstić information content (AvgIpc) is 3.29. The van der Waals surface area contributed by atoms with Crippen LogP contribution in [-0.2, 0) is 26.0 Å². The topological polar surface area (TPSA) is 136 Å². The van der Waals surface area contributed by atoms with Crippen LogP contribution in [0.25, 0.3) is 0 Å². The molecule has 4 rings (SSSR count). The second kappa shape index (κ2) is 9.55. The van der Waals surface area contributed by atoms with E-state index in [0.29, 0.717) is 18.7 Å². The number of fused-ring (bicyclic) bond motifs is 1. The third-order valence-electron chi connectivity index (χ3n) is 5.48. The van der Waals surface area contributed by atoms with Gasteiger partial charge in [0.15, 0.2) is 6.10 Å². The number of nitrogens with zero attached hydrogens (tertiary/aromatic N) is 2. The Bertz CT molecular complexity index is 1420. The van der Waals surface area contributed by atoms with Gasteiger partial charge in [0.1, 0.15) is 0 Å².